The minimum Gasteiger partial charge on any atom is -0.481 e. The summed E-state index contributed by atoms with van der Waals surface area (Å²) in [5, 5.41) is 7.42. The van der Waals surface area contributed by atoms with Crippen LogP contribution in [0.25, 0.3) is 0 Å². The van der Waals surface area contributed by atoms with Gasteiger partial charge in [0.05, 0.1) is 0 Å². The molecule has 102 valence electrons. The third-order valence-electron chi connectivity index (χ3n) is 3.17. The van der Waals surface area contributed by atoms with Crippen molar-refractivity contribution in [3.8, 4) is 0 Å². The maximum absolute atomic E-state index is 9.00. The van der Waals surface area contributed by atoms with Gasteiger partial charge in [0.15, 0.2) is 0 Å². The standard InChI is InChI=1S/C12H25N.C2H4O2/c1-3-5-6-10-13-11-7-9-12(13)8-4-2;1-2(3)4/h12H,3-11H2,1-2H3;1H3,(H,3,4). The molecule has 3 heteroatoms. The molecule has 0 radical (unpaired) electrons. The molecule has 1 aliphatic heterocycles. The molecule has 1 unspecified atom stereocenters. The zero-order valence-electron chi connectivity index (χ0n) is 11.7. The number of hydrogen-bond acceptors (Lipinski definition) is 2. The smallest absolute Gasteiger partial charge is 0.300 e. The molecule has 0 saturated carbocycles. The van der Waals surface area contributed by atoms with Crippen molar-refractivity contribution >= 4 is 5.97 Å². The summed E-state index contributed by atoms with van der Waals surface area (Å²) < 4.78 is 0. The third kappa shape index (κ3) is 9.16. The molecule has 1 aliphatic rings. The van der Waals surface area contributed by atoms with E-state index >= 15 is 0 Å². The molecule has 0 aromatic carbocycles. The minimum absolute atomic E-state index is 0.833. The number of nitrogens with zero attached hydrogens (tertiary/aromatic N) is 1. The zero-order valence-corrected chi connectivity index (χ0v) is 11.7. The normalized spacial score (nSPS) is 19.8. The van der Waals surface area contributed by atoms with E-state index in [1.165, 1.54) is 58.0 Å². The molecule has 1 saturated heterocycles. The first-order valence-corrected chi connectivity index (χ1v) is 7.05. The van der Waals surface area contributed by atoms with Gasteiger partial charge < -0.3 is 10.0 Å². The number of carboxylic acid groups (broad SMARTS) is 1. The van der Waals surface area contributed by atoms with Crippen molar-refractivity contribution in [1.82, 2.24) is 4.90 Å². The van der Waals surface area contributed by atoms with Crippen LogP contribution in [0.5, 0.6) is 0 Å². The molecule has 1 rings (SSSR count). The Kier molecular flexibility index (Phi) is 10.2. The van der Waals surface area contributed by atoms with Crippen molar-refractivity contribution in [3.63, 3.8) is 0 Å². The highest BCUT2D eigenvalue weighted by Gasteiger charge is 2.22. The molecule has 3 nitrogen and oxygen atoms in total. The van der Waals surface area contributed by atoms with Crippen molar-refractivity contribution in [2.45, 2.75) is 71.8 Å². The molecule has 0 bridgehead atoms. The minimum atomic E-state index is -0.833. The summed E-state index contributed by atoms with van der Waals surface area (Å²) in [6, 6.07) is 0.932. The van der Waals surface area contributed by atoms with Crippen LogP contribution in [-0.2, 0) is 4.79 Å². The number of carboxylic acids is 1. The van der Waals surface area contributed by atoms with Crippen molar-refractivity contribution in [2.24, 2.45) is 0 Å². The number of hydrogen-bond donors (Lipinski definition) is 1. The van der Waals surface area contributed by atoms with Gasteiger partial charge in [-0.15, -0.1) is 0 Å². The van der Waals surface area contributed by atoms with Gasteiger partial charge in [-0.1, -0.05) is 33.1 Å². The fraction of sp³-hybridized carbons (Fsp3) is 0.929. The molecule has 0 spiro atoms. The molecule has 1 N–H and O–H groups in total. The Labute approximate surface area is 106 Å². The number of rotatable bonds is 6. The highest BCUT2D eigenvalue weighted by Crippen LogP contribution is 2.21. The lowest BCUT2D eigenvalue weighted by Crippen LogP contribution is -2.30. The SMILES string of the molecule is CC(=O)O.CCCCCN1CCCC1CCC. The fourth-order valence-electron chi connectivity index (χ4n) is 2.41. The average Bonchev–Trinajstić information content (AvgIpc) is 2.66. The van der Waals surface area contributed by atoms with Gasteiger partial charge in [0.1, 0.15) is 0 Å². The molecule has 1 atom stereocenters. The topological polar surface area (TPSA) is 40.5 Å². The van der Waals surface area contributed by atoms with Crippen LogP contribution >= 0.6 is 0 Å². The quantitative estimate of drug-likeness (QED) is 0.725. The van der Waals surface area contributed by atoms with Crippen LogP contribution in [0.15, 0.2) is 0 Å². The molecular weight excluding hydrogens is 214 g/mol. The van der Waals surface area contributed by atoms with Gasteiger partial charge in [0, 0.05) is 13.0 Å². The molecule has 0 aromatic heterocycles. The van der Waals surface area contributed by atoms with Crippen molar-refractivity contribution in [2.75, 3.05) is 13.1 Å². The van der Waals surface area contributed by atoms with Gasteiger partial charge in [-0.3, -0.25) is 4.79 Å². The second-order valence-corrected chi connectivity index (χ2v) is 4.85. The third-order valence-corrected chi connectivity index (χ3v) is 3.17. The van der Waals surface area contributed by atoms with E-state index in [0.717, 1.165) is 13.0 Å². The maximum atomic E-state index is 9.00. The summed E-state index contributed by atoms with van der Waals surface area (Å²) in [7, 11) is 0. The lowest BCUT2D eigenvalue weighted by Gasteiger charge is -2.23. The fourth-order valence-corrected chi connectivity index (χ4v) is 2.41. The monoisotopic (exact) mass is 243 g/mol. The van der Waals surface area contributed by atoms with Gasteiger partial charge in [0.25, 0.3) is 5.97 Å². The average molecular weight is 243 g/mol. The first-order valence-electron chi connectivity index (χ1n) is 7.05. The Balaban J connectivity index is 0.000000557. The first kappa shape index (κ1) is 16.4. The van der Waals surface area contributed by atoms with E-state index in [1.807, 2.05) is 0 Å². The molecule has 1 heterocycles. The van der Waals surface area contributed by atoms with Crippen molar-refractivity contribution in [1.29, 1.82) is 0 Å². The first-order chi connectivity index (χ1) is 8.11. The molecule has 0 aliphatic carbocycles. The largest absolute Gasteiger partial charge is 0.481 e. The van der Waals surface area contributed by atoms with Crippen molar-refractivity contribution < 1.29 is 9.90 Å². The summed E-state index contributed by atoms with van der Waals surface area (Å²) in [5.41, 5.74) is 0. The lowest BCUT2D eigenvalue weighted by molar-refractivity contribution is -0.134. The van der Waals surface area contributed by atoms with Gasteiger partial charge in [0.2, 0.25) is 0 Å². The van der Waals surface area contributed by atoms with E-state index in [4.69, 9.17) is 9.90 Å². The van der Waals surface area contributed by atoms with Crippen LogP contribution in [-0.4, -0.2) is 35.1 Å². The van der Waals surface area contributed by atoms with E-state index in [0.29, 0.717) is 0 Å². The number of aliphatic carboxylic acids is 1. The van der Waals surface area contributed by atoms with E-state index in [-0.39, 0.29) is 0 Å². The highest BCUT2D eigenvalue weighted by molar-refractivity contribution is 5.62. The van der Waals surface area contributed by atoms with E-state index in [9.17, 15) is 0 Å². The Morgan fingerprint density at radius 1 is 1.29 bits per heavy atom. The van der Waals surface area contributed by atoms with Crippen LogP contribution in [0.3, 0.4) is 0 Å². The summed E-state index contributed by atoms with van der Waals surface area (Å²) in [6.45, 7) is 8.41. The van der Waals surface area contributed by atoms with E-state index < -0.39 is 5.97 Å². The summed E-state index contributed by atoms with van der Waals surface area (Å²) in [5.74, 6) is -0.833. The second kappa shape index (κ2) is 10.6. The summed E-state index contributed by atoms with van der Waals surface area (Å²) in [4.78, 5) is 11.7. The highest BCUT2D eigenvalue weighted by atomic mass is 16.4. The molecule has 0 aromatic rings. The van der Waals surface area contributed by atoms with Gasteiger partial charge in [-0.05, 0) is 38.8 Å². The molecule has 1 fully saturated rings. The summed E-state index contributed by atoms with van der Waals surface area (Å²) >= 11 is 0. The number of carbonyl (C=O) groups is 1. The molecule has 17 heavy (non-hydrogen) atoms. The zero-order chi connectivity index (χ0) is 13.1. The Hall–Kier alpha value is -0.570. The second-order valence-electron chi connectivity index (χ2n) is 4.85. The number of likely N-dealkylation sites (tertiary alicyclic amines) is 1. The Bertz CT molecular complexity index is 191. The van der Waals surface area contributed by atoms with Crippen LogP contribution in [0.1, 0.15) is 65.7 Å². The van der Waals surface area contributed by atoms with Crippen LogP contribution < -0.4 is 0 Å². The Morgan fingerprint density at radius 3 is 2.47 bits per heavy atom. The van der Waals surface area contributed by atoms with Gasteiger partial charge in [-0.2, -0.15) is 0 Å². The van der Waals surface area contributed by atoms with Gasteiger partial charge >= 0.3 is 0 Å². The van der Waals surface area contributed by atoms with Crippen LogP contribution in [0, 0.1) is 0 Å². The van der Waals surface area contributed by atoms with E-state index in [1.54, 1.807) is 0 Å². The van der Waals surface area contributed by atoms with E-state index in [2.05, 4.69) is 18.7 Å². The van der Waals surface area contributed by atoms with Crippen molar-refractivity contribution in [3.05, 3.63) is 0 Å². The predicted octanol–water partition coefficient (Wildman–Crippen LogP) is 3.53. The maximum Gasteiger partial charge on any atom is 0.300 e. The molecular formula is C14H29NO2. The Morgan fingerprint density at radius 2 is 1.94 bits per heavy atom. The number of unbranched alkanes of at least 4 members (excludes halogenated alkanes) is 2. The van der Waals surface area contributed by atoms with Crippen LogP contribution in [0.4, 0.5) is 0 Å². The van der Waals surface area contributed by atoms with Gasteiger partial charge in [-0.25, -0.2) is 0 Å². The molecule has 0 amide bonds. The predicted molar refractivity (Wildman–Crippen MR) is 72.3 cm³/mol. The lowest BCUT2D eigenvalue weighted by atomic mass is 10.1. The summed E-state index contributed by atoms with van der Waals surface area (Å²) in [6.07, 6.45) is 9.86. The van der Waals surface area contributed by atoms with Crippen LogP contribution in [0.2, 0.25) is 0 Å².